The van der Waals surface area contributed by atoms with Gasteiger partial charge in [-0.05, 0) is 37.5 Å². The number of esters is 1. The molecule has 1 aliphatic rings. The van der Waals surface area contributed by atoms with E-state index in [2.05, 4.69) is 22.5 Å². The van der Waals surface area contributed by atoms with E-state index < -0.39 is 5.97 Å². The third kappa shape index (κ3) is 4.45. The summed E-state index contributed by atoms with van der Waals surface area (Å²) in [5.74, 6) is -0.841. The second-order valence-corrected chi connectivity index (χ2v) is 7.80. The van der Waals surface area contributed by atoms with Crippen molar-refractivity contribution >= 4 is 34.3 Å². The molecule has 1 unspecified atom stereocenters. The fourth-order valence-electron chi connectivity index (χ4n) is 3.97. The van der Waals surface area contributed by atoms with E-state index >= 15 is 0 Å². The molecule has 0 bridgehead atoms. The average molecular weight is 437 g/mol. The van der Waals surface area contributed by atoms with Crippen LogP contribution < -0.4 is 10.6 Å². The first-order valence-electron chi connectivity index (χ1n) is 10.9. The monoisotopic (exact) mass is 436 g/mol. The van der Waals surface area contributed by atoms with Gasteiger partial charge in [-0.25, -0.2) is 9.78 Å². The van der Waals surface area contributed by atoms with E-state index in [1.165, 1.54) is 7.11 Å². The summed E-state index contributed by atoms with van der Waals surface area (Å²) < 4.78 is 12.7. The molecule has 8 nitrogen and oxygen atoms in total. The standard InChI is InChI=1S/C24H28N4O4/c1-3-11-25-17-13-19-20(27-23(29)16-8-5-4-6-9-16)21(24(30)31-2)28(22(19)26-14-17)15-18-10-7-12-32-18/h4-6,8-9,13-14,18,25H,3,7,10-12,15H2,1-2H3,(H,27,29). The van der Waals surface area contributed by atoms with Crippen molar-refractivity contribution in [2.24, 2.45) is 0 Å². The molecule has 1 fully saturated rings. The Morgan fingerprint density at radius 2 is 2.09 bits per heavy atom. The van der Waals surface area contributed by atoms with Gasteiger partial charge in [0, 0.05) is 24.1 Å². The predicted molar refractivity (Wildman–Crippen MR) is 123 cm³/mol. The van der Waals surface area contributed by atoms with Crippen LogP contribution >= 0.6 is 0 Å². The molecule has 3 aromatic rings. The number of benzene rings is 1. The fourth-order valence-corrected chi connectivity index (χ4v) is 3.97. The zero-order valence-electron chi connectivity index (χ0n) is 18.4. The van der Waals surface area contributed by atoms with Gasteiger partial charge in [-0.15, -0.1) is 0 Å². The molecule has 0 saturated carbocycles. The summed E-state index contributed by atoms with van der Waals surface area (Å²) in [5, 5.41) is 6.94. The summed E-state index contributed by atoms with van der Waals surface area (Å²) in [4.78, 5) is 30.5. The first-order chi connectivity index (χ1) is 15.6. The van der Waals surface area contributed by atoms with Gasteiger partial charge in [0.15, 0.2) is 5.69 Å². The maximum atomic E-state index is 13.0. The van der Waals surface area contributed by atoms with Gasteiger partial charge in [-0.1, -0.05) is 25.1 Å². The van der Waals surface area contributed by atoms with Crippen LogP contribution in [0, 0.1) is 0 Å². The molecule has 2 N–H and O–H groups in total. The summed E-state index contributed by atoms with van der Waals surface area (Å²) in [5.41, 5.74) is 2.58. The molecular formula is C24H28N4O4. The van der Waals surface area contributed by atoms with Crippen molar-refractivity contribution in [3.05, 3.63) is 53.9 Å². The largest absolute Gasteiger partial charge is 0.464 e. The maximum Gasteiger partial charge on any atom is 0.356 e. The van der Waals surface area contributed by atoms with Crippen LogP contribution in [0.1, 0.15) is 47.0 Å². The maximum absolute atomic E-state index is 13.0. The van der Waals surface area contributed by atoms with Crippen LogP contribution in [0.3, 0.4) is 0 Å². The van der Waals surface area contributed by atoms with Crippen molar-refractivity contribution in [1.82, 2.24) is 9.55 Å². The number of nitrogens with one attached hydrogen (secondary N) is 2. The molecule has 8 heteroatoms. The lowest BCUT2D eigenvalue weighted by Crippen LogP contribution is -2.21. The Kier molecular flexibility index (Phi) is 6.70. The van der Waals surface area contributed by atoms with Gasteiger partial charge in [0.2, 0.25) is 0 Å². The van der Waals surface area contributed by atoms with Crippen molar-refractivity contribution in [3.8, 4) is 0 Å². The minimum absolute atomic E-state index is 0.0219. The smallest absolute Gasteiger partial charge is 0.356 e. The number of nitrogens with zero attached hydrogens (tertiary/aromatic N) is 2. The van der Waals surface area contributed by atoms with Gasteiger partial charge >= 0.3 is 5.97 Å². The summed E-state index contributed by atoms with van der Waals surface area (Å²) in [6.45, 7) is 4.03. The van der Waals surface area contributed by atoms with Crippen LogP contribution in [0.5, 0.6) is 0 Å². The molecule has 1 aromatic carbocycles. The molecule has 3 heterocycles. The van der Waals surface area contributed by atoms with Crippen molar-refractivity contribution in [2.75, 3.05) is 30.9 Å². The van der Waals surface area contributed by atoms with Crippen molar-refractivity contribution in [1.29, 1.82) is 0 Å². The molecule has 1 amide bonds. The molecular weight excluding hydrogens is 408 g/mol. The van der Waals surface area contributed by atoms with E-state index in [9.17, 15) is 9.59 Å². The Balaban J connectivity index is 1.84. The van der Waals surface area contributed by atoms with Gasteiger partial charge < -0.3 is 24.7 Å². The Hall–Kier alpha value is -3.39. The number of ether oxygens (including phenoxy) is 2. The third-order valence-corrected chi connectivity index (χ3v) is 5.54. The topological polar surface area (TPSA) is 94.5 Å². The highest BCUT2D eigenvalue weighted by Gasteiger charge is 2.29. The molecule has 2 aromatic heterocycles. The highest BCUT2D eigenvalue weighted by molar-refractivity contribution is 6.14. The number of fused-ring (bicyclic) bond motifs is 1. The summed E-state index contributed by atoms with van der Waals surface area (Å²) >= 11 is 0. The van der Waals surface area contributed by atoms with Gasteiger partial charge in [0.1, 0.15) is 5.65 Å². The second kappa shape index (κ2) is 9.82. The average Bonchev–Trinajstić information content (AvgIpc) is 3.44. The number of aromatic nitrogens is 2. The molecule has 168 valence electrons. The van der Waals surface area contributed by atoms with E-state index in [0.29, 0.717) is 35.4 Å². The van der Waals surface area contributed by atoms with Crippen LogP contribution in [0.4, 0.5) is 11.4 Å². The van der Waals surface area contributed by atoms with Crippen molar-refractivity contribution in [2.45, 2.75) is 38.8 Å². The van der Waals surface area contributed by atoms with E-state index in [-0.39, 0.29) is 17.7 Å². The molecule has 1 atom stereocenters. The van der Waals surface area contributed by atoms with Crippen LogP contribution in [-0.2, 0) is 16.0 Å². The molecule has 32 heavy (non-hydrogen) atoms. The number of pyridine rings is 1. The van der Waals surface area contributed by atoms with Crippen LogP contribution in [0.25, 0.3) is 11.0 Å². The quantitative estimate of drug-likeness (QED) is 0.517. The van der Waals surface area contributed by atoms with Gasteiger partial charge in [0.25, 0.3) is 5.91 Å². The van der Waals surface area contributed by atoms with Gasteiger partial charge in [-0.3, -0.25) is 4.79 Å². The lowest BCUT2D eigenvalue weighted by molar-refractivity contribution is 0.0580. The Morgan fingerprint density at radius 1 is 1.28 bits per heavy atom. The number of methoxy groups -OCH3 is 1. The number of carbonyl (C=O) groups excluding carboxylic acids is 2. The third-order valence-electron chi connectivity index (χ3n) is 5.54. The zero-order valence-corrected chi connectivity index (χ0v) is 18.4. The normalized spacial score (nSPS) is 15.6. The number of amides is 1. The predicted octanol–water partition coefficient (Wildman–Crippen LogP) is 4.08. The fraction of sp³-hybridized carbons (Fsp3) is 0.375. The summed E-state index contributed by atoms with van der Waals surface area (Å²) in [6.07, 6.45) is 4.57. The lowest BCUT2D eigenvalue weighted by Gasteiger charge is -2.14. The molecule has 1 aliphatic heterocycles. The molecule has 4 rings (SSSR count). The highest BCUT2D eigenvalue weighted by Crippen LogP contribution is 2.34. The number of rotatable bonds is 8. The molecule has 0 radical (unpaired) electrons. The first kappa shape index (κ1) is 21.8. The molecule has 0 spiro atoms. The number of hydrogen-bond donors (Lipinski definition) is 2. The van der Waals surface area contributed by atoms with Crippen LogP contribution in [0.15, 0.2) is 42.6 Å². The number of hydrogen-bond acceptors (Lipinski definition) is 6. The van der Waals surface area contributed by atoms with Crippen LogP contribution in [0.2, 0.25) is 0 Å². The van der Waals surface area contributed by atoms with Crippen molar-refractivity contribution < 1.29 is 19.1 Å². The second-order valence-electron chi connectivity index (χ2n) is 7.80. The van der Waals surface area contributed by atoms with Crippen molar-refractivity contribution in [3.63, 3.8) is 0 Å². The SMILES string of the molecule is CCCNc1cnc2c(c1)c(NC(=O)c1ccccc1)c(C(=O)OC)n2CC1CCCO1. The minimum atomic E-state index is -0.535. The molecule has 1 saturated heterocycles. The lowest BCUT2D eigenvalue weighted by atomic mass is 10.2. The summed E-state index contributed by atoms with van der Waals surface area (Å²) in [7, 11) is 1.33. The minimum Gasteiger partial charge on any atom is -0.464 e. The Labute approximate surface area is 186 Å². The van der Waals surface area contributed by atoms with E-state index in [4.69, 9.17) is 9.47 Å². The van der Waals surface area contributed by atoms with E-state index in [1.54, 1.807) is 35.0 Å². The van der Waals surface area contributed by atoms with Gasteiger partial charge in [-0.2, -0.15) is 0 Å². The zero-order chi connectivity index (χ0) is 22.5. The number of carbonyl (C=O) groups is 2. The summed E-state index contributed by atoms with van der Waals surface area (Å²) in [6, 6.07) is 10.8. The molecule has 0 aliphatic carbocycles. The Bertz CT molecular complexity index is 1100. The van der Waals surface area contributed by atoms with E-state index in [1.807, 2.05) is 12.1 Å². The van der Waals surface area contributed by atoms with E-state index in [0.717, 1.165) is 31.5 Å². The van der Waals surface area contributed by atoms with Gasteiger partial charge in [0.05, 0.1) is 37.3 Å². The first-order valence-corrected chi connectivity index (χ1v) is 10.9. The highest BCUT2D eigenvalue weighted by atomic mass is 16.5. The number of anilines is 2. The Morgan fingerprint density at radius 3 is 2.78 bits per heavy atom. The van der Waals surface area contributed by atoms with Crippen LogP contribution in [-0.4, -0.2) is 47.8 Å².